The van der Waals surface area contributed by atoms with Crippen LogP contribution in [0.3, 0.4) is 0 Å². The zero-order valence-corrected chi connectivity index (χ0v) is 15.7. The maximum atomic E-state index is 11.9. The van der Waals surface area contributed by atoms with Crippen LogP contribution in [-0.4, -0.2) is 37.2 Å². The molecule has 0 atom stereocenters. The SMILES string of the molecule is COc1cc(-c2nc(C(N)=O)cc3c2[nH]c2ccccc23)cc(OC)c1OC. The predicted molar refractivity (Wildman–Crippen MR) is 107 cm³/mol. The number of amides is 1. The van der Waals surface area contributed by atoms with Crippen molar-refractivity contribution in [2.24, 2.45) is 5.73 Å². The Kier molecular flexibility index (Phi) is 4.27. The number of pyridine rings is 1. The molecule has 0 bridgehead atoms. The quantitative estimate of drug-likeness (QED) is 0.554. The molecule has 2 aromatic heterocycles. The van der Waals surface area contributed by atoms with Crippen LogP contribution in [0.25, 0.3) is 33.1 Å². The highest BCUT2D eigenvalue weighted by Gasteiger charge is 2.19. The Balaban J connectivity index is 2.09. The largest absolute Gasteiger partial charge is 0.493 e. The highest BCUT2D eigenvalue weighted by atomic mass is 16.5. The summed E-state index contributed by atoms with van der Waals surface area (Å²) < 4.78 is 16.3. The number of carbonyl (C=O) groups excluding carboxylic acids is 1. The molecule has 0 aliphatic rings. The molecule has 0 fully saturated rings. The van der Waals surface area contributed by atoms with Crippen molar-refractivity contribution in [3.63, 3.8) is 0 Å². The van der Waals surface area contributed by atoms with Crippen LogP contribution in [0.1, 0.15) is 10.5 Å². The summed E-state index contributed by atoms with van der Waals surface area (Å²) in [5.41, 5.74) is 8.73. The molecular formula is C21H19N3O4. The molecule has 7 nitrogen and oxygen atoms in total. The number of primary amides is 1. The molecular weight excluding hydrogens is 358 g/mol. The molecule has 0 radical (unpaired) electrons. The molecule has 0 spiro atoms. The zero-order chi connectivity index (χ0) is 19.8. The topological polar surface area (TPSA) is 99.5 Å². The van der Waals surface area contributed by atoms with Gasteiger partial charge in [-0.2, -0.15) is 0 Å². The Labute approximate surface area is 161 Å². The van der Waals surface area contributed by atoms with E-state index in [0.717, 1.165) is 21.8 Å². The Morgan fingerprint density at radius 1 is 0.964 bits per heavy atom. The average Bonchev–Trinajstić information content (AvgIpc) is 3.10. The second kappa shape index (κ2) is 6.77. The van der Waals surface area contributed by atoms with E-state index in [0.29, 0.717) is 28.5 Å². The van der Waals surface area contributed by atoms with Gasteiger partial charge in [0, 0.05) is 21.9 Å². The fourth-order valence-electron chi connectivity index (χ4n) is 3.40. The van der Waals surface area contributed by atoms with Crippen molar-refractivity contribution in [1.29, 1.82) is 0 Å². The number of methoxy groups -OCH3 is 3. The normalized spacial score (nSPS) is 11.0. The first-order chi connectivity index (χ1) is 13.6. The number of fused-ring (bicyclic) bond motifs is 3. The minimum atomic E-state index is -0.596. The minimum Gasteiger partial charge on any atom is -0.493 e. The monoisotopic (exact) mass is 377 g/mol. The molecule has 0 saturated carbocycles. The molecule has 0 unspecified atom stereocenters. The van der Waals surface area contributed by atoms with E-state index in [1.54, 1.807) is 39.5 Å². The Hall–Kier alpha value is -3.74. The molecule has 4 aromatic rings. The van der Waals surface area contributed by atoms with Gasteiger partial charge >= 0.3 is 0 Å². The summed E-state index contributed by atoms with van der Waals surface area (Å²) in [6.45, 7) is 0. The van der Waals surface area contributed by atoms with Gasteiger partial charge in [-0.1, -0.05) is 18.2 Å². The fraction of sp³-hybridized carbons (Fsp3) is 0.143. The fourth-order valence-corrected chi connectivity index (χ4v) is 3.40. The number of aromatic nitrogens is 2. The van der Waals surface area contributed by atoms with Crippen molar-refractivity contribution in [2.45, 2.75) is 0 Å². The van der Waals surface area contributed by atoms with E-state index >= 15 is 0 Å². The van der Waals surface area contributed by atoms with Gasteiger partial charge in [-0.05, 0) is 24.3 Å². The predicted octanol–water partition coefficient (Wildman–Crippen LogP) is 3.51. The lowest BCUT2D eigenvalue weighted by atomic mass is 10.1. The third kappa shape index (κ3) is 2.68. The molecule has 28 heavy (non-hydrogen) atoms. The molecule has 7 heteroatoms. The average molecular weight is 377 g/mol. The van der Waals surface area contributed by atoms with Crippen LogP contribution in [-0.2, 0) is 0 Å². The lowest BCUT2D eigenvalue weighted by molar-refractivity contribution is 0.0996. The summed E-state index contributed by atoms with van der Waals surface area (Å²) in [5.74, 6) is 0.869. The number of aromatic amines is 1. The third-order valence-electron chi connectivity index (χ3n) is 4.69. The van der Waals surface area contributed by atoms with E-state index in [1.807, 2.05) is 24.3 Å². The number of nitrogens with two attached hydrogens (primary N) is 1. The van der Waals surface area contributed by atoms with Crippen LogP contribution in [0, 0.1) is 0 Å². The number of nitrogens with one attached hydrogen (secondary N) is 1. The summed E-state index contributed by atoms with van der Waals surface area (Å²) in [5, 5.41) is 1.85. The summed E-state index contributed by atoms with van der Waals surface area (Å²) in [6.07, 6.45) is 0. The highest BCUT2D eigenvalue weighted by Crippen LogP contribution is 2.42. The molecule has 2 heterocycles. The van der Waals surface area contributed by atoms with Crippen molar-refractivity contribution in [1.82, 2.24) is 9.97 Å². The van der Waals surface area contributed by atoms with Gasteiger partial charge in [-0.25, -0.2) is 4.98 Å². The maximum Gasteiger partial charge on any atom is 0.267 e. The van der Waals surface area contributed by atoms with Crippen LogP contribution >= 0.6 is 0 Å². The summed E-state index contributed by atoms with van der Waals surface area (Å²) in [7, 11) is 4.64. The van der Waals surface area contributed by atoms with Gasteiger partial charge in [-0.3, -0.25) is 4.79 Å². The first-order valence-corrected chi connectivity index (χ1v) is 8.59. The first kappa shape index (κ1) is 17.7. The number of hydrogen-bond donors (Lipinski definition) is 2. The lowest BCUT2D eigenvalue weighted by Crippen LogP contribution is -2.13. The molecule has 0 aliphatic carbocycles. The van der Waals surface area contributed by atoms with Gasteiger partial charge in [0.25, 0.3) is 5.91 Å². The summed E-state index contributed by atoms with van der Waals surface area (Å²) in [4.78, 5) is 19.8. The standard InChI is InChI=1S/C21H19N3O4/c1-26-16-8-11(9-17(27-2)20(16)28-3)18-19-13(10-15(24-18)21(22)25)12-6-4-5-7-14(12)23-19/h4-10,23H,1-3H3,(H2,22,25). The molecule has 0 aliphatic heterocycles. The van der Waals surface area contributed by atoms with Gasteiger partial charge in [0.1, 0.15) is 5.69 Å². The molecule has 2 aromatic carbocycles. The van der Waals surface area contributed by atoms with Gasteiger partial charge in [0.2, 0.25) is 5.75 Å². The zero-order valence-electron chi connectivity index (χ0n) is 15.7. The van der Waals surface area contributed by atoms with Crippen molar-refractivity contribution in [3.05, 3.63) is 48.2 Å². The summed E-state index contributed by atoms with van der Waals surface area (Å²) in [6, 6.07) is 13.1. The number of carbonyl (C=O) groups is 1. The van der Waals surface area contributed by atoms with Crippen LogP contribution < -0.4 is 19.9 Å². The van der Waals surface area contributed by atoms with E-state index in [9.17, 15) is 4.79 Å². The molecule has 0 saturated heterocycles. The van der Waals surface area contributed by atoms with Crippen LogP contribution in [0.5, 0.6) is 17.2 Å². The summed E-state index contributed by atoms with van der Waals surface area (Å²) >= 11 is 0. The van der Waals surface area contributed by atoms with Gasteiger partial charge in [-0.15, -0.1) is 0 Å². The van der Waals surface area contributed by atoms with Crippen molar-refractivity contribution in [2.75, 3.05) is 21.3 Å². The third-order valence-corrected chi connectivity index (χ3v) is 4.69. The number of H-pyrrole nitrogens is 1. The van der Waals surface area contributed by atoms with Crippen molar-refractivity contribution < 1.29 is 19.0 Å². The second-order valence-electron chi connectivity index (χ2n) is 6.23. The van der Waals surface area contributed by atoms with E-state index in [-0.39, 0.29) is 5.69 Å². The molecule has 1 amide bonds. The lowest BCUT2D eigenvalue weighted by Gasteiger charge is -2.14. The number of para-hydroxylation sites is 1. The van der Waals surface area contributed by atoms with E-state index in [2.05, 4.69) is 9.97 Å². The smallest absolute Gasteiger partial charge is 0.267 e. The number of ether oxygens (including phenoxy) is 3. The molecule has 4 rings (SSSR count). The maximum absolute atomic E-state index is 11.9. The van der Waals surface area contributed by atoms with Gasteiger partial charge in [0.15, 0.2) is 11.5 Å². The van der Waals surface area contributed by atoms with E-state index in [4.69, 9.17) is 19.9 Å². The van der Waals surface area contributed by atoms with Crippen LogP contribution in [0.15, 0.2) is 42.5 Å². The minimum absolute atomic E-state index is 0.181. The number of nitrogens with zero attached hydrogens (tertiary/aromatic N) is 1. The van der Waals surface area contributed by atoms with Crippen LogP contribution in [0.4, 0.5) is 0 Å². The Morgan fingerprint density at radius 2 is 1.64 bits per heavy atom. The molecule has 3 N–H and O–H groups in total. The number of rotatable bonds is 5. The van der Waals surface area contributed by atoms with Crippen LogP contribution in [0.2, 0.25) is 0 Å². The number of hydrogen-bond acceptors (Lipinski definition) is 5. The number of benzene rings is 2. The van der Waals surface area contributed by atoms with Gasteiger partial charge < -0.3 is 24.9 Å². The Morgan fingerprint density at radius 3 is 2.25 bits per heavy atom. The van der Waals surface area contributed by atoms with Crippen molar-refractivity contribution >= 4 is 27.7 Å². The van der Waals surface area contributed by atoms with E-state index < -0.39 is 5.91 Å². The van der Waals surface area contributed by atoms with Crippen molar-refractivity contribution in [3.8, 4) is 28.5 Å². The second-order valence-corrected chi connectivity index (χ2v) is 6.23. The molecule has 142 valence electrons. The van der Waals surface area contributed by atoms with Gasteiger partial charge in [0.05, 0.1) is 32.5 Å². The first-order valence-electron chi connectivity index (χ1n) is 8.59. The Bertz CT molecular complexity index is 1190. The van der Waals surface area contributed by atoms with E-state index in [1.165, 1.54) is 0 Å². The highest BCUT2D eigenvalue weighted by molar-refractivity contribution is 6.13.